The first-order valence-electron chi connectivity index (χ1n) is 7.94. The number of H-pyrrole nitrogens is 1. The first-order valence-corrected chi connectivity index (χ1v) is 7.94. The van der Waals surface area contributed by atoms with Gasteiger partial charge in [0.25, 0.3) is 5.91 Å². The van der Waals surface area contributed by atoms with Gasteiger partial charge in [-0.1, -0.05) is 18.2 Å². The van der Waals surface area contributed by atoms with Crippen LogP contribution in [0.15, 0.2) is 36.7 Å². The number of amides is 1. The summed E-state index contributed by atoms with van der Waals surface area (Å²) in [4.78, 5) is 15.0. The summed E-state index contributed by atoms with van der Waals surface area (Å²) in [5.74, 6) is 0.872. The maximum absolute atomic E-state index is 13.0. The molecule has 22 heavy (non-hydrogen) atoms. The van der Waals surface area contributed by atoms with Crippen molar-refractivity contribution in [1.82, 2.24) is 20.4 Å². The maximum atomic E-state index is 13.0. The van der Waals surface area contributed by atoms with Gasteiger partial charge in [0.1, 0.15) is 0 Å². The summed E-state index contributed by atoms with van der Waals surface area (Å²) in [7, 11) is 0. The van der Waals surface area contributed by atoms with Gasteiger partial charge in [-0.2, -0.15) is 5.10 Å². The highest BCUT2D eigenvalue weighted by atomic mass is 16.2. The van der Waals surface area contributed by atoms with Crippen molar-refractivity contribution >= 4 is 5.91 Å². The number of benzene rings is 1. The number of fused-ring (bicyclic) bond motifs is 1. The molecule has 114 valence electrons. The number of aromatic amines is 1. The van der Waals surface area contributed by atoms with Crippen molar-refractivity contribution in [3.63, 3.8) is 0 Å². The van der Waals surface area contributed by atoms with Crippen LogP contribution in [0.4, 0.5) is 0 Å². The zero-order valence-corrected chi connectivity index (χ0v) is 12.5. The second-order valence-electron chi connectivity index (χ2n) is 6.18. The van der Waals surface area contributed by atoms with E-state index in [0.29, 0.717) is 6.04 Å². The molecule has 0 spiro atoms. The topological polar surface area (TPSA) is 61.0 Å². The predicted molar refractivity (Wildman–Crippen MR) is 84.4 cm³/mol. The smallest absolute Gasteiger partial charge is 0.254 e. The molecule has 3 heterocycles. The molecule has 0 radical (unpaired) electrons. The van der Waals surface area contributed by atoms with Crippen LogP contribution in [0.2, 0.25) is 0 Å². The minimum Gasteiger partial charge on any atom is -0.337 e. The van der Waals surface area contributed by atoms with Crippen molar-refractivity contribution in [2.75, 3.05) is 19.6 Å². The summed E-state index contributed by atoms with van der Waals surface area (Å²) in [6.07, 6.45) is 5.95. The number of hydrogen-bond donors (Lipinski definition) is 2. The lowest BCUT2D eigenvalue weighted by atomic mass is 9.91. The van der Waals surface area contributed by atoms with Crippen molar-refractivity contribution < 1.29 is 4.79 Å². The fraction of sp³-hybridized carbons (Fsp3) is 0.412. The van der Waals surface area contributed by atoms with Crippen LogP contribution in [0, 0.1) is 5.92 Å². The van der Waals surface area contributed by atoms with Crippen LogP contribution in [-0.2, 0) is 0 Å². The summed E-state index contributed by atoms with van der Waals surface area (Å²) >= 11 is 0. The minimum absolute atomic E-state index is 0.129. The molecule has 1 aromatic heterocycles. The van der Waals surface area contributed by atoms with E-state index in [2.05, 4.69) is 15.5 Å². The number of rotatable bonds is 2. The molecular formula is C17H20N4O. The summed E-state index contributed by atoms with van der Waals surface area (Å²) < 4.78 is 0. The third-order valence-corrected chi connectivity index (χ3v) is 4.93. The Bertz CT molecular complexity index is 667. The molecule has 2 fully saturated rings. The average Bonchev–Trinajstić information content (AvgIpc) is 3.24. The third kappa shape index (κ3) is 2.31. The highest BCUT2D eigenvalue weighted by molar-refractivity contribution is 6.00. The largest absolute Gasteiger partial charge is 0.337 e. The molecule has 5 heteroatoms. The zero-order valence-electron chi connectivity index (χ0n) is 12.5. The lowest BCUT2D eigenvalue weighted by molar-refractivity contribution is 0.0670. The molecule has 2 atom stereocenters. The Morgan fingerprint density at radius 1 is 1.27 bits per heavy atom. The maximum Gasteiger partial charge on any atom is 0.254 e. The van der Waals surface area contributed by atoms with Crippen molar-refractivity contribution in [1.29, 1.82) is 0 Å². The van der Waals surface area contributed by atoms with Gasteiger partial charge in [0.15, 0.2) is 0 Å². The van der Waals surface area contributed by atoms with Crippen LogP contribution < -0.4 is 5.32 Å². The third-order valence-electron chi connectivity index (χ3n) is 4.93. The molecular weight excluding hydrogens is 276 g/mol. The molecule has 5 nitrogen and oxygen atoms in total. The van der Waals surface area contributed by atoms with Crippen LogP contribution >= 0.6 is 0 Å². The van der Waals surface area contributed by atoms with E-state index in [1.165, 1.54) is 6.42 Å². The first kappa shape index (κ1) is 13.5. The van der Waals surface area contributed by atoms with Gasteiger partial charge < -0.3 is 10.2 Å². The molecule has 4 rings (SSSR count). The molecule has 2 unspecified atom stereocenters. The molecule has 2 aliphatic heterocycles. The summed E-state index contributed by atoms with van der Waals surface area (Å²) in [5, 5.41) is 10.3. The van der Waals surface area contributed by atoms with Crippen molar-refractivity contribution in [3.05, 3.63) is 42.2 Å². The predicted octanol–water partition coefficient (Wildman–Crippen LogP) is 1.90. The highest BCUT2D eigenvalue weighted by Gasteiger charge is 2.34. The molecule has 2 N–H and O–H groups in total. The molecule has 1 aromatic carbocycles. The number of carbonyl (C=O) groups is 1. The van der Waals surface area contributed by atoms with E-state index in [1.54, 1.807) is 6.20 Å². The van der Waals surface area contributed by atoms with E-state index in [0.717, 1.165) is 48.7 Å². The Balaban J connectivity index is 1.61. The average molecular weight is 296 g/mol. The summed E-state index contributed by atoms with van der Waals surface area (Å²) in [6, 6.07) is 8.26. The van der Waals surface area contributed by atoms with E-state index >= 15 is 0 Å². The SMILES string of the molecule is O=C(c1ccccc1-c1cn[nH]c1)N1CCC2CCNC2C1. The Kier molecular flexibility index (Phi) is 3.42. The molecule has 0 saturated carbocycles. The van der Waals surface area contributed by atoms with E-state index in [1.807, 2.05) is 35.4 Å². The second-order valence-corrected chi connectivity index (χ2v) is 6.18. The van der Waals surface area contributed by atoms with E-state index < -0.39 is 0 Å². The molecule has 2 aliphatic rings. The normalized spacial score (nSPS) is 24.3. The zero-order chi connectivity index (χ0) is 14.9. The van der Waals surface area contributed by atoms with Crippen LogP contribution in [0.5, 0.6) is 0 Å². The van der Waals surface area contributed by atoms with Gasteiger partial charge in [0.05, 0.1) is 6.20 Å². The van der Waals surface area contributed by atoms with E-state index in [4.69, 9.17) is 0 Å². The van der Waals surface area contributed by atoms with Crippen molar-refractivity contribution in [3.8, 4) is 11.1 Å². The monoisotopic (exact) mass is 296 g/mol. The Morgan fingerprint density at radius 2 is 2.18 bits per heavy atom. The number of carbonyl (C=O) groups excluding carboxylic acids is 1. The number of nitrogens with one attached hydrogen (secondary N) is 2. The number of likely N-dealkylation sites (tertiary alicyclic amines) is 1. The van der Waals surface area contributed by atoms with Crippen molar-refractivity contribution in [2.45, 2.75) is 18.9 Å². The summed E-state index contributed by atoms with van der Waals surface area (Å²) in [6.45, 7) is 2.77. The van der Waals surface area contributed by atoms with Gasteiger partial charge >= 0.3 is 0 Å². The second kappa shape index (κ2) is 5.57. The van der Waals surface area contributed by atoms with Gasteiger partial charge in [-0.25, -0.2) is 0 Å². The lowest BCUT2D eigenvalue weighted by Crippen LogP contribution is -2.48. The van der Waals surface area contributed by atoms with E-state index in [-0.39, 0.29) is 5.91 Å². The first-order chi connectivity index (χ1) is 10.8. The molecule has 1 amide bonds. The Morgan fingerprint density at radius 3 is 3.05 bits per heavy atom. The fourth-order valence-electron chi connectivity index (χ4n) is 3.71. The lowest BCUT2D eigenvalue weighted by Gasteiger charge is -2.35. The van der Waals surface area contributed by atoms with Gasteiger partial charge in [0.2, 0.25) is 0 Å². The van der Waals surface area contributed by atoms with Crippen LogP contribution in [0.25, 0.3) is 11.1 Å². The van der Waals surface area contributed by atoms with E-state index in [9.17, 15) is 4.79 Å². The standard InChI is InChI=1S/C17H20N4O/c22-17(21-8-6-12-5-7-18-16(12)11-21)15-4-2-1-3-14(15)13-9-19-20-10-13/h1-4,9-10,12,16,18H,5-8,11H2,(H,19,20). The van der Waals surface area contributed by atoms with Gasteiger partial charge in [-0.3, -0.25) is 9.89 Å². The fourth-order valence-corrected chi connectivity index (χ4v) is 3.71. The van der Waals surface area contributed by atoms with Crippen molar-refractivity contribution in [2.24, 2.45) is 5.92 Å². The Labute approximate surface area is 129 Å². The Hall–Kier alpha value is -2.14. The minimum atomic E-state index is 0.129. The van der Waals surface area contributed by atoms with Gasteiger partial charge in [0, 0.05) is 36.5 Å². The van der Waals surface area contributed by atoms with Gasteiger partial charge in [-0.05, 0) is 36.9 Å². The number of nitrogens with zero attached hydrogens (tertiary/aromatic N) is 2. The molecule has 0 bridgehead atoms. The molecule has 0 aliphatic carbocycles. The van der Waals surface area contributed by atoms with Crippen LogP contribution in [0.1, 0.15) is 23.2 Å². The van der Waals surface area contributed by atoms with Gasteiger partial charge in [-0.15, -0.1) is 0 Å². The summed E-state index contributed by atoms with van der Waals surface area (Å²) in [5.41, 5.74) is 2.67. The quantitative estimate of drug-likeness (QED) is 0.890. The molecule has 2 saturated heterocycles. The highest BCUT2D eigenvalue weighted by Crippen LogP contribution is 2.28. The number of hydrogen-bond acceptors (Lipinski definition) is 3. The van der Waals surface area contributed by atoms with Crippen LogP contribution in [-0.4, -0.2) is 46.7 Å². The van der Waals surface area contributed by atoms with Crippen LogP contribution in [0.3, 0.4) is 0 Å². The number of aromatic nitrogens is 2. The molecule has 2 aromatic rings. The number of piperidine rings is 1.